The van der Waals surface area contributed by atoms with Crippen LogP contribution in [0.2, 0.25) is 0 Å². The molecule has 0 N–H and O–H groups in total. The Morgan fingerprint density at radius 1 is 1.42 bits per heavy atom. The van der Waals surface area contributed by atoms with Crippen LogP contribution in [0.15, 0.2) is 0 Å². The topological polar surface area (TPSA) is 20.3 Å². The Balaban J connectivity index is 3.72. The fourth-order valence-corrected chi connectivity index (χ4v) is 0.689. The molecule has 72 valence electrons. The van der Waals surface area contributed by atoms with Gasteiger partial charge in [0.15, 0.2) is 0 Å². The van der Waals surface area contributed by atoms with E-state index in [4.69, 9.17) is 0 Å². The summed E-state index contributed by atoms with van der Waals surface area (Å²) in [4.78, 5) is 11.9. The lowest BCUT2D eigenvalue weighted by Gasteiger charge is -2.16. The monoisotopic (exact) mass is 183 g/mol. The van der Waals surface area contributed by atoms with Gasteiger partial charge in [-0.15, -0.1) is 0 Å². The van der Waals surface area contributed by atoms with Gasteiger partial charge in [0.25, 0.3) is 0 Å². The molecule has 2 nitrogen and oxygen atoms in total. The number of halogens is 3. The highest BCUT2D eigenvalue weighted by atomic mass is 19.4. The molecule has 5 heteroatoms. The molecule has 12 heavy (non-hydrogen) atoms. The maximum absolute atomic E-state index is 11.6. The summed E-state index contributed by atoms with van der Waals surface area (Å²) in [6.07, 6.45) is -4.87. The molecule has 0 fully saturated rings. The molecule has 0 saturated heterocycles. The molecule has 0 unspecified atom stereocenters. The number of rotatable bonds is 3. The fourth-order valence-electron chi connectivity index (χ4n) is 0.689. The van der Waals surface area contributed by atoms with Gasteiger partial charge in [-0.1, -0.05) is 6.92 Å². The molecule has 0 heterocycles. The van der Waals surface area contributed by atoms with Crippen LogP contribution in [0.3, 0.4) is 0 Å². The summed E-state index contributed by atoms with van der Waals surface area (Å²) in [5.74, 6) is -0.265. The minimum absolute atomic E-state index is 0.244. The lowest BCUT2D eigenvalue weighted by Crippen LogP contribution is -2.29. The van der Waals surface area contributed by atoms with Crippen molar-refractivity contribution < 1.29 is 18.0 Å². The van der Waals surface area contributed by atoms with Gasteiger partial charge in [-0.05, 0) is 0 Å². The Morgan fingerprint density at radius 2 is 1.92 bits per heavy atom. The maximum Gasteiger partial charge on any atom is 0.390 e. The highest BCUT2D eigenvalue weighted by molar-refractivity contribution is 5.75. The third-order valence-corrected chi connectivity index (χ3v) is 1.46. The van der Waals surface area contributed by atoms with E-state index in [2.05, 4.69) is 0 Å². The van der Waals surface area contributed by atoms with Gasteiger partial charge in [0.1, 0.15) is 0 Å². The Kier molecular flexibility index (Phi) is 4.06. The molecule has 1 amide bonds. The lowest BCUT2D eigenvalue weighted by molar-refractivity contribution is -0.143. The van der Waals surface area contributed by atoms with E-state index in [1.54, 1.807) is 6.92 Å². The van der Waals surface area contributed by atoms with E-state index in [0.717, 1.165) is 4.90 Å². The molecule has 0 aromatic carbocycles. The van der Waals surface area contributed by atoms with E-state index in [-0.39, 0.29) is 18.9 Å². The molecular weight excluding hydrogens is 171 g/mol. The average Bonchev–Trinajstić information content (AvgIpc) is 1.97. The smallest absolute Gasteiger partial charge is 0.345 e. The van der Waals surface area contributed by atoms with Crippen LogP contribution in [-0.2, 0) is 4.79 Å². The molecular formula is C7H12F3NO. The SMILES string of the molecule is CCC(=O)N(C)CCC(F)(F)F. The first kappa shape index (κ1) is 11.3. The summed E-state index contributed by atoms with van der Waals surface area (Å²) in [6.45, 7) is 1.36. The summed E-state index contributed by atoms with van der Waals surface area (Å²) < 4.78 is 34.9. The van der Waals surface area contributed by atoms with Crippen molar-refractivity contribution in [2.45, 2.75) is 25.9 Å². The second-order valence-corrected chi connectivity index (χ2v) is 2.53. The van der Waals surface area contributed by atoms with Crippen molar-refractivity contribution in [2.24, 2.45) is 0 Å². The average molecular weight is 183 g/mol. The highest BCUT2D eigenvalue weighted by Gasteiger charge is 2.27. The van der Waals surface area contributed by atoms with Crippen molar-refractivity contribution in [1.29, 1.82) is 0 Å². The fraction of sp³-hybridized carbons (Fsp3) is 0.857. The number of carbonyl (C=O) groups excluding carboxylic acids is 1. The van der Waals surface area contributed by atoms with E-state index in [1.165, 1.54) is 7.05 Å². The Bertz CT molecular complexity index is 155. The zero-order valence-electron chi connectivity index (χ0n) is 7.11. The first-order valence-electron chi connectivity index (χ1n) is 3.67. The van der Waals surface area contributed by atoms with Gasteiger partial charge in [0.2, 0.25) is 5.91 Å². The van der Waals surface area contributed by atoms with Crippen molar-refractivity contribution >= 4 is 5.91 Å². The normalized spacial score (nSPS) is 11.4. The largest absolute Gasteiger partial charge is 0.390 e. The third-order valence-electron chi connectivity index (χ3n) is 1.46. The summed E-state index contributed by atoms with van der Waals surface area (Å²) in [6, 6.07) is 0. The van der Waals surface area contributed by atoms with Crippen LogP contribution < -0.4 is 0 Å². The van der Waals surface area contributed by atoms with E-state index in [1.807, 2.05) is 0 Å². The summed E-state index contributed by atoms with van der Waals surface area (Å²) in [5, 5.41) is 0. The van der Waals surface area contributed by atoms with Crippen LogP contribution in [0.5, 0.6) is 0 Å². The standard InChI is InChI=1S/C7H12F3NO/c1-3-6(12)11(2)5-4-7(8,9)10/h3-5H2,1-2H3. The Morgan fingerprint density at radius 3 is 2.25 bits per heavy atom. The van der Waals surface area contributed by atoms with Gasteiger partial charge in [-0.3, -0.25) is 4.79 Å². The lowest BCUT2D eigenvalue weighted by atomic mass is 10.3. The van der Waals surface area contributed by atoms with E-state index in [9.17, 15) is 18.0 Å². The number of amides is 1. The number of hydrogen-bond donors (Lipinski definition) is 0. The van der Waals surface area contributed by atoms with Gasteiger partial charge in [-0.2, -0.15) is 13.2 Å². The Hall–Kier alpha value is -0.740. The van der Waals surface area contributed by atoms with E-state index < -0.39 is 12.6 Å². The number of carbonyl (C=O) groups is 1. The van der Waals surface area contributed by atoms with Crippen molar-refractivity contribution in [3.8, 4) is 0 Å². The predicted octanol–water partition coefficient (Wildman–Crippen LogP) is 1.81. The molecule has 0 aliphatic heterocycles. The van der Waals surface area contributed by atoms with Crippen LogP contribution in [-0.4, -0.2) is 30.6 Å². The molecule has 0 atom stereocenters. The summed E-state index contributed by atoms with van der Waals surface area (Å²) >= 11 is 0. The minimum atomic E-state index is -4.18. The van der Waals surface area contributed by atoms with Crippen LogP contribution in [0.1, 0.15) is 19.8 Å². The third kappa shape index (κ3) is 4.98. The first-order chi connectivity index (χ1) is 5.37. The second-order valence-electron chi connectivity index (χ2n) is 2.53. The van der Waals surface area contributed by atoms with Gasteiger partial charge in [0, 0.05) is 20.0 Å². The highest BCUT2D eigenvalue weighted by Crippen LogP contribution is 2.19. The van der Waals surface area contributed by atoms with Crippen molar-refractivity contribution in [2.75, 3.05) is 13.6 Å². The van der Waals surface area contributed by atoms with Crippen molar-refractivity contribution in [3.05, 3.63) is 0 Å². The van der Waals surface area contributed by atoms with Crippen molar-refractivity contribution in [1.82, 2.24) is 4.90 Å². The molecule has 0 rings (SSSR count). The molecule has 0 aromatic heterocycles. The minimum Gasteiger partial charge on any atom is -0.345 e. The molecule has 0 aromatic rings. The Labute approximate surface area is 69.3 Å². The first-order valence-corrected chi connectivity index (χ1v) is 3.67. The predicted molar refractivity (Wildman–Crippen MR) is 38.6 cm³/mol. The van der Waals surface area contributed by atoms with Crippen LogP contribution in [0.25, 0.3) is 0 Å². The molecule has 0 radical (unpaired) electrons. The second kappa shape index (κ2) is 4.33. The zero-order chi connectivity index (χ0) is 9.78. The number of alkyl halides is 3. The van der Waals surface area contributed by atoms with Crippen molar-refractivity contribution in [3.63, 3.8) is 0 Å². The van der Waals surface area contributed by atoms with Crippen LogP contribution in [0.4, 0.5) is 13.2 Å². The van der Waals surface area contributed by atoms with Crippen LogP contribution in [0, 0.1) is 0 Å². The quantitative estimate of drug-likeness (QED) is 0.653. The zero-order valence-corrected chi connectivity index (χ0v) is 7.11. The molecule has 0 aliphatic rings. The number of nitrogens with zero attached hydrogens (tertiary/aromatic N) is 1. The van der Waals surface area contributed by atoms with E-state index >= 15 is 0 Å². The van der Waals surface area contributed by atoms with Crippen LogP contribution >= 0.6 is 0 Å². The molecule has 0 spiro atoms. The van der Waals surface area contributed by atoms with Gasteiger partial charge < -0.3 is 4.90 Å². The summed E-state index contributed by atoms with van der Waals surface area (Å²) in [5.41, 5.74) is 0. The van der Waals surface area contributed by atoms with Gasteiger partial charge >= 0.3 is 6.18 Å². The molecule has 0 saturated carbocycles. The van der Waals surface area contributed by atoms with Gasteiger partial charge in [0.05, 0.1) is 6.42 Å². The summed E-state index contributed by atoms with van der Waals surface area (Å²) in [7, 11) is 1.37. The maximum atomic E-state index is 11.6. The molecule has 0 bridgehead atoms. The number of hydrogen-bond acceptors (Lipinski definition) is 1. The van der Waals surface area contributed by atoms with Gasteiger partial charge in [-0.25, -0.2) is 0 Å². The molecule has 0 aliphatic carbocycles. The van der Waals surface area contributed by atoms with E-state index in [0.29, 0.717) is 0 Å².